The fraction of sp³-hybridized carbons (Fsp3) is 0.538. The van der Waals surface area contributed by atoms with Crippen LogP contribution in [0.2, 0.25) is 0 Å². The van der Waals surface area contributed by atoms with E-state index in [1.54, 1.807) is 0 Å². The molecular weight excluding hydrogens is 186 g/mol. The van der Waals surface area contributed by atoms with Gasteiger partial charge in [-0.1, -0.05) is 31.2 Å². The molecule has 0 amide bonds. The van der Waals surface area contributed by atoms with E-state index in [0.29, 0.717) is 0 Å². The first kappa shape index (κ1) is 12.2. The van der Waals surface area contributed by atoms with Crippen LogP contribution in [0.1, 0.15) is 37.4 Å². The van der Waals surface area contributed by atoms with Crippen LogP contribution < -0.4 is 5.73 Å². The normalized spacial score (nSPS) is 12.7. The molecule has 2 N–H and O–H groups in total. The van der Waals surface area contributed by atoms with Crippen molar-refractivity contribution >= 4 is 0 Å². The number of rotatable bonds is 6. The van der Waals surface area contributed by atoms with E-state index in [4.69, 9.17) is 10.5 Å². The summed E-state index contributed by atoms with van der Waals surface area (Å²) in [6.07, 6.45) is 1.95. The van der Waals surface area contributed by atoms with Crippen LogP contribution in [-0.2, 0) is 11.2 Å². The molecule has 0 saturated carbocycles. The highest BCUT2D eigenvalue weighted by molar-refractivity contribution is 5.25. The Morgan fingerprint density at radius 3 is 2.80 bits per heavy atom. The largest absolute Gasteiger partial charge is 0.382 e. The van der Waals surface area contributed by atoms with Gasteiger partial charge in [-0.2, -0.15) is 0 Å². The van der Waals surface area contributed by atoms with Crippen LogP contribution in [0.25, 0.3) is 0 Å². The molecule has 1 atom stereocenters. The fourth-order valence-electron chi connectivity index (χ4n) is 1.56. The van der Waals surface area contributed by atoms with Gasteiger partial charge in [-0.15, -0.1) is 0 Å². The zero-order chi connectivity index (χ0) is 11.1. The van der Waals surface area contributed by atoms with Gasteiger partial charge in [0.05, 0.1) is 0 Å². The van der Waals surface area contributed by atoms with Crippen molar-refractivity contribution in [2.75, 3.05) is 13.2 Å². The van der Waals surface area contributed by atoms with Crippen LogP contribution in [0.15, 0.2) is 24.3 Å². The molecule has 0 saturated heterocycles. The molecule has 2 nitrogen and oxygen atoms in total. The monoisotopic (exact) mass is 207 g/mol. The number of hydrogen-bond acceptors (Lipinski definition) is 2. The van der Waals surface area contributed by atoms with E-state index in [9.17, 15) is 0 Å². The number of nitrogens with two attached hydrogens (primary N) is 1. The Morgan fingerprint density at radius 2 is 2.13 bits per heavy atom. The predicted octanol–water partition coefficient (Wildman–Crippen LogP) is 2.68. The molecule has 0 heterocycles. The Hall–Kier alpha value is -0.860. The minimum absolute atomic E-state index is 0.100. The lowest BCUT2D eigenvalue weighted by molar-refractivity contribution is 0.140. The smallest absolute Gasteiger partial charge is 0.0483 e. The summed E-state index contributed by atoms with van der Waals surface area (Å²) in [5.41, 5.74) is 8.64. The maximum absolute atomic E-state index is 6.08. The third kappa shape index (κ3) is 4.02. The highest BCUT2D eigenvalue weighted by Gasteiger charge is 2.05. The SMILES string of the molecule is CCOCCC(N)c1cccc(CC)c1. The second-order valence-corrected chi connectivity index (χ2v) is 3.69. The first-order valence-electron chi connectivity index (χ1n) is 5.70. The van der Waals surface area contributed by atoms with Gasteiger partial charge >= 0.3 is 0 Å². The van der Waals surface area contributed by atoms with Gasteiger partial charge in [0.1, 0.15) is 0 Å². The van der Waals surface area contributed by atoms with Crippen molar-refractivity contribution in [2.45, 2.75) is 32.7 Å². The Balaban J connectivity index is 2.52. The number of hydrogen-bond donors (Lipinski definition) is 1. The fourth-order valence-corrected chi connectivity index (χ4v) is 1.56. The number of ether oxygens (including phenoxy) is 1. The third-order valence-corrected chi connectivity index (χ3v) is 2.56. The second-order valence-electron chi connectivity index (χ2n) is 3.69. The predicted molar refractivity (Wildman–Crippen MR) is 63.9 cm³/mol. The average molecular weight is 207 g/mol. The lowest BCUT2D eigenvalue weighted by atomic mass is 10.0. The van der Waals surface area contributed by atoms with Crippen LogP contribution in [0, 0.1) is 0 Å². The zero-order valence-electron chi connectivity index (χ0n) is 9.70. The molecule has 1 unspecified atom stereocenters. The van der Waals surface area contributed by atoms with Gasteiger partial charge in [-0.05, 0) is 30.9 Å². The van der Waals surface area contributed by atoms with E-state index < -0.39 is 0 Å². The summed E-state index contributed by atoms with van der Waals surface area (Å²) >= 11 is 0. The Morgan fingerprint density at radius 1 is 1.33 bits per heavy atom. The summed E-state index contributed by atoms with van der Waals surface area (Å²) in [4.78, 5) is 0. The van der Waals surface area contributed by atoms with E-state index in [-0.39, 0.29) is 6.04 Å². The maximum atomic E-state index is 6.08. The molecule has 1 aromatic rings. The molecule has 0 aliphatic rings. The molecule has 2 heteroatoms. The van der Waals surface area contributed by atoms with Crippen LogP contribution in [0.3, 0.4) is 0 Å². The van der Waals surface area contributed by atoms with Crippen molar-refractivity contribution in [1.29, 1.82) is 0 Å². The second kappa shape index (κ2) is 6.59. The highest BCUT2D eigenvalue weighted by Crippen LogP contribution is 2.15. The lowest BCUT2D eigenvalue weighted by Crippen LogP contribution is -2.13. The molecule has 0 bridgehead atoms. The van der Waals surface area contributed by atoms with Crippen molar-refractivity contribution in [3.8, 4) is 0 Å². The number of benzene rings is 1. The van der Waals surface area contributed by atoms with Gasteiger partial charge in [0.25, 0.3) is 0 Å². The molecule has 1 aromatic carbocycles. The Labute approximate surface area is 92.4 Å². The van der Waals surface area contributed by atoms with Crippen LogP contribution in [-0.4, -0.2) is 13.2 Å². The van der Waals surface area contributed by atoms with Gasteiger partial charge in [-0.25, -0.2) is 0 Å². The zero-order valence-corrected chi connectivity index (χ0v) is 9.70. The molecule has 84 valence electrons. The van der Waals surface area contributed by atoms with E-state index in [2.05, 4.69) is 31.2 Å². The van der Waals surface area contributed by atoms with Crippen molar-refractivity contribution < 1.29 is 4.74 Å². The van der Waals surface area contributed by atoms with Crippen molar-refractivity contribution in [2.24, 2.45) is 5.73 Å². The molecule has 15 heavy (non-hydrogen) atoms. The molecular formula is C13H21NO. The molecule has 0 fully saturated rings. The molecule has 0 aliphatic heterocycles. The third-order valence-electron chi connectivity index (χ3n) is 2.56. The summed E-state index contributed by atoms with van der Waals surface area (Å²) in [5, 5.41) is 0. The molecule has 0 aliphatic carbocycles. The average Bonchev–Trinajstić information content (AvgIpc) is 2.29. The first-order valence-corrected chi connectivity index (χ1v) is 5.70. The van der Waals surface area contributed by atoms with Gasteiger partial charge < -0.3 is 10.5 Å². The van der Waals surface area contributed by atoms with Crippen molar-refractivity contribution in [3.63, 3.8) is 0 Å². The summed E-state index contributed by atoms with van der Waals surface area (Å²) in [5.74, 6) is 0. The topological polar surface area (TPSA) is 35.2 Å². The van der Waals surface area contributed by atoms with Crippen LogP contribution >= 0.6 is 0 Å². The van der Waals surface area contributed by atoms with E-state index >= 15 is 0 Å². The standard InChI is InChI=1S/C13H21NO/c1-3-11-6-5-7-12(10-11)13(14)8-9-15-4-2/h5-7,10,13H,3-4,8-9,14H2,1-2H3. The minimum atomic E-state index is 0.100. The minimum Gasteiger partial charge on any atom is -0.382 e. The summed E-state index contributed by atoms with van der Waals surface area (Å²) < 4.78 is 5.30. The van der Waals surface area contributed by atoms with Crippen LogP contribution in [0.4, 0.5) is 0 Å². The number of aryl methyl sites for hydroxylation is 1. The van der Waals surface area contributed by atoms with E-state index in [1.165, 1.54) is 11.1 Å². The Kier molecular flexibility index (Phi) is 5.37. The molecule has 1 rings (SSSR count). The quantitative estimate of drug-likeness (QED) is 0.728. The van der Waals surface area contributed by atoms with Gasteiger partial charge in [0, 0.05) is 19.3 Å². The Bertz CT molecular complexity index is 286. The maximum Gasteiger partial charge on any atom is 0.0483 e. The summed E-state index contributed by atoms with van der Waals surface area (Å²) in [6, 6.07) is 8.60. The van der Waals surface area contributed by atoms with Crippen molar-refractivity contribution in [3.05, 3.63) is 35.4 Å². The van der Waals surface area contributed by atoms with Gasteiger partial charge in [-0.3, -0.25) is 0 Å². The lowest BCUT2D eigenvalue weighted by Gasteiger charge is -2.12. The van der Waals surface area contributed by atoms with E-state index in [0.717, 1.165) is 26.1 Å². The molecule has 0 aromatic heterocycles. The van der Waals surface area contributed by atoms with Crippen LogP contribution in [0.5, 0.6) is 0 Å². The summed E-state index contributed by atoms with van der Waals surface area (Å²) in [6.45, 7) is 5.67. The van der Waals surface area contributed by atoms with Gasteiger partial charge in [0.15, 0.2) is 0 Å². The first-order chi connectivity index (χ1) is 7.27. The van der Waals surface area contributed by atoms with Gasteiger partial charge in [0.2, 0.25) is 0 Å². The highest BCUT2D eigenvalue weighted by atomic mass is 16.5. The molecule has 0 radical (unpaired) electrons. The van der Waals surface area contributed by atoms with Crippen molar-refractivity contribution in [1.82, 2.24) is 0 Å². The molecule has 0 spiro atoms. The summed E-state index contributed by atoms with van der Waals surface area (Å²) in [7, 11) is 0. The van der Waals surface area contributed by atoms with E-state index in [1.807, 2.05) is 6.92 Å².